The van der Waals surface area contributed by atoms with E-state index in [9.17, 15) is 0 Å². The van der Waals surface area contributed by atoms with Gasteiger partial charge in [-0.2, -0.15) is 0 Å². The van der Waals surface area contributed by atoms with Gasteiger partial charge in [0.1, 0.15) is 5.75 Å². The molecule has 0 fully saturated rings. The Morgan fingerprint density at radius 3 is 2.80 bits per heavy atom. The van der Waals surface area contributed by atoms with Gasteiger partial charge in [-0.25, -0.2) is 0 Å². The van der Waals surface area contributed by atoms with Gasteiger partial charge in [0.15, 0.2) is 0 Å². The predicted molar refractivity (Wildman–Crippen MR) is 83.2 cm³/mol. The summed E-state index contributed by atoms with van der Waals surface area (Å²) >= 11 is 1.87. The number of ether oxygens (including phenoxy) is 1. The third kappa shape index (κ3) is 2.59. The molecule has 1 aromatic carbocycles. The molecule has 1 unspecified atom stereocenters. The van der Waals surface area contributed by atoms with Crippen LogP contribution in [0.2, 0.25) is 0 Å². The van der Waals surface area contributed by atoms with Gasteiger partial charge in [0, 0.05) is 30.6 Å². The number of hydrogen-bond donors (Lipinski definition) is 1. The highest BCUT2D eigenvalue weighted by Gasteiger charge is 2.24. The molecule has 0 amide bonds. The average Bonchev–Trinajstić information content (AvgIpc) is 2.96. The number of benzene rings is 1. The second-order valence-corrected chi connectivity index (χ2v) is 6.11. The molecule has 0 bridgehead atoms. The fourth-order valence-electron chi connectivity index (χ4n) is 2.86. The maximum atomic E-state index is 6.03. The molecule has 2 aromatic rings. The molecule has 1 atom stereocenters. The lowest BCUT2D eigenvalue weighted by atomic mass is 10.0. The molecule has 0 saturated heterocycles. The van der Waals surface area contributed by atoms with E-state index in [0.717, 1.165) is 25.3 Å². The van der Waals surface area contributed by atoms with Crippen LogP contribution in [0.1, 0.15) is 22.0 Å². The first-order chi connectivity index (χ1) is 9.81. The molecule has 3 nitrogen and oxygen atoms in total. The van der Waals surface area contributed by atoms with E-state index >= 15 is 0 Å². The van der Waals surface area contributed by atoms with Gasteiger partial charge in [-0.3, -0.25) is 4.90 Å². The van der Waals surface area contributed by atoms with E-state index in [1.165, 1.54) is 16.0 Å². The van der Waals surface area contributed by atoms with E-state index in [-0.39, 0.29) is 6.04 Å². The molecule has 0 spiro atoms. The maximum absolute atomic E-state index is 6.03. The monoisotopic (exact) mass is 288 g/mol. The van der Waals surface area contributed by atoms with Crippen molar-refractivity contribution in [2.45, 2.75) is 19.0 Å². The SMILES string of the molecule is COc1ccc(C(CN)N2CCc3sccc3C2)cc1. The van der Waals surface area contributed by atoms with Crippen LogP contribution in [0.3, 0.4) is 0 Å². The summed E-state index contributed by atoms with van der Waals surface area (Å²) in [7, 11) is 1.69. The van der Waals surface area contributed by atoms with E-state index in [1.807, 2.05) is 23.5 Å². The van der Waals surface area contributed by atoms with Gasteiger partial charge < -0.3 is 10.5 Å². The molecular formula is C16H20N2OS. The van der Waals surface area contributed by atoms with Crippen LogP contribution in [-0.4, -0.2) is 25.1 Å². The quantitative estimate of drug-likeness (QED) is 0.940. The molecule has 2 heterocycles. The van der Waals surface area contributed by atoms with Crippen molar-refractivity contribution in [3.05, 3.63) is 51.7 Å². The van der Waals surface area contributed by atoms with Crippen LogP contribution in [0, 0.1) is 0 Å². The number of fused-ring (bicyclic) bond motifs is 1. The van der Waals surface area contributed by atoms with Gasteiger partial charge >= 0.3 is 0 Å². The second kappa shape index (κ2) is 5.95. The Morgan fingerprint density at radius 1 is 1.30 bits per heavy atom. The van der Waals surface area contributed by atoms with Crippen molar-refractivity contribution >= 4 is 11.3 Å². The Balaban J connectivity index is 1.79. The van der Waals surface area contributed by atoms with E-state index in [4.69, 9.17) is 10.5 Å². The molecule has 1 aliphatic heterocycles. The van der Waals surface area contributed by atoms with E-state index < -0.39 is 0 Å². The molecule has 1 aliphatic rings. The summed E-state index contributed by atoms with van der Waals surface area (Å²) in [5, 5.41) is 2.19. The fourth-order valence-corrected chi connectivity index (χ4v) is 3.75. The number of thiophene rings is 1. The van der Waals surface area contributed by atoms with Crippen molar-refractivity contribution in [1.29, 1.82) is 0 Å². The third-order valence-electron chi connectivity index (χ3n) is 4.00. The number of nitrogens with zero attached hydrogens (tertiary/aromatic N) is 1. The highest BCUT2D eigenvalue weighted by Crippen LogP contribution is 2.30. The smallest absolute Gasteiger partial charge is 0.118 e. The largest absolute Gasteiger partial charge is 0.497 e. The lowest BCUT2D eigenvalue weighted by Crippen LogP contribution is -2.37. The molecule has 1 aromatic heterocycles. The van der Waals surface area contributed by atoms with Crippen molar-refractivity contribution in [2.75, 3.05) is 20.2 Å². The zero-order chi connectivity index (χ0) is 13.9. The Kier molecular flexibility index (Phi) is 4.05. The van der Waals surface area contributed by atoms with Gasteiger partial charge in [0.2, 0.25) is 0 Å². The van der Waals surface area contributed by atoms with Crippen molar-refractivity contribution in [1.82, 2.24) is 4.90 Å². The summed E-state index contributed by atoms with van der Waals surface area (Å²) in [6.45, 7) is 2.74. The van der Waals surface area contributed by atoms with Crippen molar-refractivity contribution in [2.24, 2.45) is 5.73 Å². The molecule has 106 valence electrons. The van der Waals surface area contributed by atoms with Crippen LogP contribution in [0.25, 0.3) is 0 Å². The fraction of sp³-hybridized carbons (Fsp3) is 0.375. The summed E-state index contributed by atoms with van der Waals surface area (Å²) in [6, 6.07) is 10.8. The molecule has 20 heavy (non-hydrogen) atoms. The molecule has 0 radical (unpaired) electrons. The van der Waals surface area contributed by atoms with Crippen molar-refractivity contribution in [3.8, 4) is 5.75 Å². The minimum absolute atomic E-state index is 0.286. The first kappa shape index (κ1) is 13.6. The van der Waals surface area contributed by atoms with Gasteiger partial charge in [0.05, 0.1) is 7.11 Å². The predicted octanol–water partition coefficient (Wildman–Crippen LogP) is 2.81. The molecule has 3 rings (SSSR count). The van der Waals surface area contributed by atoms with Gasteiger partial charge in [0.25, 0.3) is 0 Å². The summed E-state index contributed by atoms with van der Waals surface area (Å²) in [6.07, 6.45) is 1.14. The average molecular weight is 288 g/mol. The maximum Gasteiger partial charge on any atom is 0.118 e. The summed E-state index contributed by atoms with van der Waals surface area (Å²) in [5.74, 6) is 0.892. The molecular weight excluding hydrogens is 268 g/mol. The van der Waals surface area contributed by atoms with Crippen molar-refractivity contribution in [3.63, 3.8) is 0 Å². The lowest BCUT2D eigenvalue weighted by molar-refractivity contribution is 0.185. The van der Waals surface area contributed by atoms with Crippen LogP contribution in [0.5, 0.6) is 5.75 Å². The number of rotatable bonds is 4. The van der Waals surface area contributed by atoms with Crippen molar-refractivity contribution < 1.29 is 4.74 Å². The highest BCUT2D eigenvalue weighted by atomic mass is 32.1. The second-order valence-electron chi connectivity index (χ2n) is 5.11. The Labute approximate surface area is 124 Å². The molecule has 0 saturated carbocycles. The summed E-state index contributed by atoms with van der Waals surface area (Å²) in [5.41, 5.74) is 8.77. The minimum Gasteiger partial charge on any atom is -0.497 e. The normalized spacial score (nSPS) is 16.7. The van der Waals surface area contributed by atoms with Gasteiger partial charge in [-0.05, 0) is 41.1 Å². The Morgan fingerprint density at radius 2 is 2.10 bits per heavy atom. The van der Waals surface area contributed by atoms with E-state index in [1.54, 1.807) is 7.11 Å². The number of nitrogens with two attached hydrogens (primary N) is 1. The zero-order valence-electron chi connectivity index (χ0n) is 11.7. The Bertz CT molecular complexity index is 564. The van der Waals surface area contributed by atoms with Crippen LogP contribution < -0.4 is 10.5 Å². The first-order valence-electron chi connectivity index (χ1n) is 6.95. The Hall–Kier alpha value is -1.36. The van der Waals surface area contributed by atoms with Crippen LogP contribution in [0.4, 0.5) is 0 Å². The highest BCUT2D eigenvalue weighted by molar-refractivity contribution is 7.10. The topological polar surface area (TPSA) is 38.5 Å². The van der Waals surface area contributed by atoms with E-state index in [0.29, 0.717) is 6.54 Å². The zero-order valence-corrected chi connectivity index (χ0v) is 12.5. The van der Waals surface area contributed by atoms with Crippen LogP contribution in [0.15, 0.2) is 35.7 Å². The molecule has 4 heteroatoms. The van der Waals surface area contributed by atoms with Crippen LogP contribution in [-0.2, 0) is 13.0 Å². The number of methoxy groups -OCH3 is 1. The minimum atomic E-state index is 0.286. The number of hydrogen-bond acceptors (Lipinski definition) is 4. The summed E-state index contributed by atoms with van der Waals surface area (Å²) in [4.78, 5) is 4.02. The van der Waals surface area contributed by atoms with Gasteiger partial charge in [-0.1, -0.05) is 12.1 Å². The summed E-state index contributed by atoms with van der Waals surface area (Å²) < 4.78 is 5.22. The van der Waals surface area contributed by atoms with Gasteiger partial charge in [-0.15, -0.1) is 11.3 Å². The first-order valence-corrected chi connectivity index (χ1v) is 7.83. The third-order valence-corrected chi connectivity index (χ3v) is 5.02. The van der Waals surface area contributed by atoms with Crippen LogP contribution >= 0.6 is 11.3 Å². The standard InChI is InChI=1S/C16H20N2OS/c1-19-14-4-2-12(3-5-14)15(10-17)18-8-6-16-13(11-18)7-9-20-16/h2-5,7,9,15H,6,8,10-11,17H2,1H3. The van der Waals surface area contributed by atoms with E-state index in [2.05, 4.69) is 28.5 Å². The lowest BCUT2D eigenvalue weighted by Gasteiger charge is -2.34. The molecule has 2 N–H and O–H groups in total. The molecule has 0 aliphatic carbocycles.